The molecule has 1 aromatic heterocycles. The van der Waals surface area contributed by atoms with E-state index in [0.717, 1.165) is 0 Å². The first kappa shape index (κ1) is 14.0. The third kappa shape index (κ3) is 2.38. The van der Waals surface area contributed by atoms with Crippen LogP contribution in [0.5, 0.6) is 5.75 Å². The van der Waals surface area contributed by atoms with Crippen LogP contribution in [0.2, 0.25) is 0 Å². The predicted molar refractivity (Wildman–Crippen MR) is 71.9 cm³/mol. The maximum Gasteiger partial charge on any atom is 0.498 e. The Morgan fingerprint density at radius 2 is 1.84 bits per heavy atom. The molecule has 0 bridgehead atoms. The van der Waals surface area contributed by atoms with Gasteiger partial charge in [0.2, 0.25) is 0 Å². The Morgan fingerprint density at radius 1 is 1.26 bits per heavy atom. The molecule has 6 heteroatoms. The Kier molecular flexibility index (Phi) is 3.41. The summed E-state index contributed by atoms with van der Waals surface area (Å²) in [6.45, 7) is 7.89. The Labute approximate surface area is 113 Å². The molecule has 0 radical (unpaired) electrons. The van der Waals surface area contributed by atoms with E-state index in [4.69, 9.17) is 14.0 Å². The molecule has 5 nitrogen and oxygen atoms in total. The van der Waals surface area contributed by atoms with Crippen LogP contribution in [0.15, 0.2) is 12.3 Å². The quantitative estimate of drug-likeness (QED) is 0.605. The molecular formula is C13H18BNO4. The zero-order valence-electron chi connectivity index (χ0n) is 11.9. The molecule has 1 fully saturated rings. The van der Waals surface area contributed by atoms with Crippen molar-refractivity contribution >= 4 is 18.9 Å². The van der Waals surface area contributed by atoms with Crippen LogP contribution >= 0.6 is 0 Å². The standard InChI is InChI=1S/C13H18BNO4/c1-12(2)13(3,4)19-14(18-12)10-6-9(8-16)15-7-11(10)17-5/h6-8H,1-5H3. The average Bonchev–Trinajstić information content (AvgIpc) is 2.57. The number of nitrogens with zero attached hydrogens (tertiary/aromatic N) is 1. The van der Waals surface area contributed by atoms with Crippen LogP contribution < -0.4 is 10.2 Å². The van der Waals surface area contributed by atoms with Gasteiger partial charge in [-0.2, -0.15) is 0 Å². The number of ether oxygens (including phenoxy) is 1. The summed E-state index contributed by atoms with van der Waals surface area (Å²) >= 11 is 0. The minimum Gasteiger partial charge on any atom is -0.496 e. The zero-order valence-corrected chi connectivity index (χ0v) is 11.9. The number of hydrogen-bond donors (Lipinski definition) is 0. The largest absolute Gasteiger partial charge is 0.498 e. The zero-order chi connectivity index (χ0) is 14.3. The minimum absolute atomic E-state index is 0.325. The fourth-order valence-electron chi connectivity index (χ4n) is 1.86. The van der Waals surface area contributed by atoms with Crippen molar-refractivity contribution in [1.29, 1.82) is 0 Å². The second-order valence-corrected chi connectivity index (χ2v) is 5.56. The van der Waals surface area contributed by atoms with Crippen molar-refractivity contribution in [3.05, 3.63) is 18.0 Å². The Balaban J connectivity index is 2.40. The summed E-state index contributed by atoms with van der Waals surface area (Å²) in [5.41, 5.74) is 0.129. The summed E-state index contributed by atoms with van der Waals surface area (Å²) in [7, 11) is 0.980. The first-order valence-corrected chi connectivity index (χ1v) is 6.15. The van der Waals surface area contributed by atoms with Crippen molar-refractivity contribution in [3.63, 3.8) is 0 Å². The summed E-state index contributed by atoms with van der Waals surface area (Å²) in [5.74, 6) is 0.545. The number of aromatic nitrogens is 1. The molecule has 0 amide bonds. The van der Waals surface area contributed by atoms with Crippen LogP contribution in [0.1, 0.15) is 38.2 Å². The van der Waals surface area contributed by atoms with Crippen LogP contribution in [0.3, 0.4) is 0 Å². The van der Waals surface area contributed by atoms with E-state index in [-0.39, 0.29) is 0 Å². The van der Waals surface area contributed by atoms with Gasteiger partial charge in [0.15, 0.2) is 6.29 Å². The van der Waals surface area contributed by atoms with Crippen molar-refractivity contribution in [2.75, 3.05) is 7.11 Å². The van der Waals surface area contributed by atoms with Crippen molar-refractivity contribution in [2.45, 2.75) is 38.9 Å². The molecule has 0 unspecified atom stereocenters. The third-order valence-corrected chi connectivity index (χ3v) is 3.77. The van der Waals surface area contributed by atoms with Crippen LogP contribution in [0.25, 0.3) is 0 Å². The van der Waals surface area contributed by atoms with E-state index in [2.05, 4.69) is 4.98 Å². The number of carbonyl (C=O) groups is 1. The number of methoxy groups -OCH3 is 1. The van der Waals surface area contributed by atoms with Gasteiger partial charge in [-0.3, -0.25) is 4.79 Å². The second-order valence-electron chi connectivity index (χ2n) is 5.56. The topological polar surface area (TPSA) is 57.7 Å². The molecule has 102 valence electrons. The van der Waals surface area contributed by atoms with Gasteiger partial charge in [-0.1, -0.05) is 0 Å². The lowest BCUT2D eigenvalue weighted by Gasteiger charge is -2.32. The van der Waals surface area contributed by atoms with Gasteiger partial charge in [-0.15, -0.1) is 0 Å². The second kappa shape index (κ2) is 4.61. The monoisotopic (exact) mass is 263 g/mol. The van der Waals surface area contributed by atoms with Gasteiger partial charge >= 0.3 is 7.12 Å². The normalized spacial score (nSPS) is 20.4. The molecule has 0 atom stereocenters. The van der Waals surface area contributed by atoms with E-state index < -0.39 is 18.3 Å². The summed E-state index contributed by atoms with van der Waals surface area (Å²) in [6, 6.07) is 1.63. The fraction of sp³-hybridized carbons (Fsp3) is 0.538. The van der Waals surface area contributed by atoms with Crippen molar-refractivity contribution in [1.82, 2.24) is 4.98 Å². The lowest BCUT2D eigenvalue weighted by atomic mass is 9.78. The highest BCUT2D eigenvalue weighted by atomic mass is 16.7. The van der Waals surface area contributed by atoms with Crippen molar-refractivity contribution in [3.8, 4) is 5.75 Å². The van der Waals surface area contributed by atoms with E-state index in [0.29, 0.717) is 23.2 Å². The van der Waals surface area contributed by atoms with Crippen LogP contribution in [0, 0.1) is 0 Å². The number of hydrogen-bond acceptors (Lipinski definition) is 5. The SMILES string of the molecule is COc1cnc(C=O)cc1B1OC(C)(C)C(C)(C)O1. The maximum atomic E-state index is 10.8. The molecule has 2 rings (SSSR count). The molecule has 1 aliphatic rings. The first-order valence-electron chi connectivity index (χ1n) is 6.15. The molecule has 0 spiro atoms. The molecule has 0 aromatic carbocycles. The Bertz CT molecular complexity index is 485. The van der Waals surface area contributed by atoms with E-state index in [1.54, 1.807) is 13.2 Å². The van der Waals surface area contributed by atoms with Gasteiger partial charge < -0.3 is 14.0 Å². The van der Waals surface area contributed by atoms with E-state index >= 15 is 0 Å². The molecule has 0 saturated carbocycles. The van der Waals surface area contributed by atoms with Crippen molar-refractivity contribution in [2.24, 2.45) is 0 Å². The number of pyridine rings is 1. The molecule has 2 heterocycles. The van der Waals surface area contributed by atoms with E-state index in [1.807, 2.05) is 27.7 Å². The molecule has 0 N–H and O–H groups in total. The number of carbonyl (C=O) groups excluding carboxylic acids is 1. The summed E-state index contributed by atoms with van der Waals surface area (Å²) in [6.07, 6.45) is 2.19. The summed E-state index contributed by atoms with van der Waals surface area (Å²) < 4.78 is 17.1. The molecule has 1 aliphatic heterocycles. The molecule has 1 aromatic rings. The molecule has 19 heavy (non-hydrogen) atoms. The van der Waals surface area contributed by atoms with Crippen molar-refractivity contribution < 1.29 is 18.8 Å². The maximum absolute atomic E-state index is 10.8. The van der Waals surface area contributed by atoms with Gasteiger partial charge in [0.05, 0.1) is 24.5 Å². The van der Waals surface area contributed by atoms with Gasteiger partial charge in [0.1, 0.15) is 11.4 Å². The first-order chi connectivity index (χ1) is 8.80. The lowest BCUT2D eigenvalue weighted by Crippen LogP contribution is -2.41. The summed E-state index contributed by atoms with van der Waals surface area (Å²) in [4.78, 5) is 14.8. The highest BCUT2D eigenvalue weighted by molar-refractivity contribution is 6.63. The fourth-order valence-corrected chi connectivity index (χ4v) is 1.86. The highest BCUT2D eigenvalue weighted by Crippen LogP contribution is 2.37. The van der Waals surface area contributed by atoms with Gasteiger partial charge in [-0.25, -0.2) is 4.98 Å². The Morgan fingerprint density at radius 3 is 2.32 bits per heavy atom. The van der Waals surface area contributed by atoms with Crippen LogP contribution in [0.4, 0.5) is 0 Å². The van der Waals surface area contributed by atoms with Gasteiger partial charge in [0, 0.05) is 5.46 Å². The Hall–Kier alpha value is -1.40. The van der Waals surface area contributed by atoms with Gasteiger partial charge in [0.25, 0.3) is 0 Å². The average molecular weight is 263 g/mol. The minimum atomic E-state index is -0.568. The lowest BCUT2D eigenvalue weighted by molar-refractivity contribution is 0.00578. The molecular weight excluding hydrogens is 245 g/mol. The predicted octanol–water partition coefficient (Wildman–Crippen LogP) is 1.20. The number of aldehydes is 1. The van der Waals surface area contributed by atoms with E-state index in [9.17, 15) is 4.79 Å². The van der Waals surface area contributed by atoms with Crippen LogP contribution in [-0.2, 0) is 9.31 Å². The summed E-state index contributed by atoms with van der Waals surface area (Å²) in [5, 5.41) is 0. The van der Waals surface area contributed by atoms with Gasteiger partial charge in [-0.05, 0) is 33.8 Å². The molecule has 1 saturated heterocycles. The third-order valence-electron chi connectivity index (χ3n) is 3.77. The number of rotatable bonds is 3. The smallest absolute Gasteiger partial charge is 0.496 e. The van der Waals surface area contributed by atoms with Crippen LogP contribution in [-0.4, -0.2) is 36.7 Å². The van der Waals surface area contributed by atoms with E-state index in [1.165, 1.54) is 6.20 Å². The highest BCUT2D eigenvalue weighted by Gasteiger charge is 2.52. The molecule has 0 aliphatic carbocycles.